The zero-order chi connectivity index (χ0) is 20.6. The second-order valence-electron chi connectivity index (χ2n) is 6.01. The second-order valence-corrected chi connectivity index (χ2v) is 6.01. The lowest BCUT2D eigenvalue weighted by Crippen LogP contribution is -2.38. The Balaban J connectivity index is 1.86. The van der Waals surface area contributed by atoms with E-state index in [1.807, 2.05) is 36.2 Å². The van der Waals surface area contributed by atoms with Gasteiger partial charge in [0.15, 0.2) is 12.6 Å². The number of rotatable bonds is 7. The average Bonchev–Trinajstić information content (AvgIpc) is 2.68. The van der Waals surface area contributed by atoms with E-state index < -0.39 is 12.8 Å². The van der Waals surface area contributed by atoms with Gasteiger partial charge in [0.2, 0.25) is 5.88 Å². The third-order valence-corrected chi connectivity index (χ3v) is 3.78. The fourth-order valence-corrected chi connectivity index (χ4v) is 2.40. The van der Waals surface area contributed by atoms with Crippen molar-refractivity contribution < 1.29 is 22.6 Å². The molecule has 0 atom stereocenters. The molecular formula is C19H23F3N4O2. The predicted molar refractivity (Wildman–Crippen MR) is 100 cm³/mol. The fourth-order valence-electron chi connectivity index (χ4n) is 2.40. The van der Waals surface area contributed by atoms with Gasteiger partial charge in [0.1, 0.15) is 5.75 Å². The molecule has 0 bridgehead atoms. The molecule has 0 spiro atoms. The molecule has 28 heavy (non-hydrogen) atoms. The van der Waals surface area contributed by atoms with Gasteiger partial charge in [0, 0.05) is 39.4 Å². The van der Waals surface area contributed by atoms with Crippen LogP contribution in [0.5, 0.6) is 11.6 Å². The number of aliphatic imine (C=N–C) groups is 1. The van der Waals surface area contributed by atoms with Gasteiger partial charge in [-0.3, -0.25) is 4.99 Å². The minimum Gasteiger partial charge on any atom is -0.497 e. The molecule has 6 nitrogen and oxygen atoms in total. The first-order valence-corrected chi connectivity index (χ1v) is 8.50. The molecule has 2 aromatic rings. The largest absolute Gasteiger partial charge is 0.497 e. The minimum atomic E-state index is -4.39. The smallest absolute Gasteiger partial charge is 0.422 e. The molecule has 0 aliphatic heterocycles. The van der Waals surface area contributed by atoms with E-state index in [0.29, 0.717) is 19.0 Å². The molecule has 1 N–H and O–H groups in total. The van der Waals surface area contributed by atoms with Crippen molar-refractivity contribution >= 4 is 5.96 Å². The van der Waals surface area contributed by atoms with Gasteiger partial charge in [0.25, 0.3) is 0 Å². The SMILES string of the molecule is CN=C(NCc1ccc(OCC(F)(F)F)nc1)N(C)Cc1ccc(OC)cc1. The highest BCUT2D eigenvalue weighted by Crippen LogP contribution is 2.17. The summed E-state index contributed by atoms with van der Waals surface area (Å²) in [5.74, 6) is 1.40. The number of hydrogen-bond acceptors (Lipinski definition) is 4. The van der Waals surface area contributed by atoms with Crippen molar-refractivity contribution in [3.63, 3.8) is 0 Å². The number of alkyl halides is 3. The summed E-state index contributed by atoms with van der Waals surface area (Å²) in [5, 5.41) is 3.19. The van der Waals surface area contributed by atoms with Crippen molar-refractivity contribution in [1.29, 1.82) is 0 Å². The molecule has 0 radical (unpaired) electrons. The van der Waals surface area contributed by atoms with Crippen molar-refractivity contribution in [3.8, 4) is 11.6 Å². The number of nitrogens with one attached hydrogen (secondary N) is 1. The number of methoxy groups -OCH3 is 1. The average molecular weight is 396 g/mol. The number of guanidine groups is 1. The lowest BCUT2D eigenvalue weighted by Gasteiger charge is -2.22. The molecule has 0 fully saturated rings. The van der Waals surface area contributed by atoms with Gasteiger partial charge < -0.3 is 19.7 Å². The molecule has 152 valence electrons. The number of ether oxygens (including phenoxy) is 2. The predicted octanol–water partition coefficient (Wildman–Crippen LogP) is 3.24. The van der Waals surface area contributed by atoms with Crippen molar-refractivity contribution in [2.45, 2.75) is 19.3 Å². The lowest BCUT2D eigenvalue weighted by molar-refractivity contribution is -0.154. The lowest BCUT2D eigenvalue weighted by atomic mass is 10.2. The molecule has 9 heteroatoms. The van der Waals surface area contributed by atoms with Crippen molar-refractivity contribution in [2.75, 3.05) is 27.8 Å². The third kappa shape index (κ3) is 6.98. The van der Waals surface area contributed by atoms with E-state index in [1.165, 1.54) is 12.3 Å². The van der Waals surface area contributed by atoms with Crippen LogP contribution in [0.3, 0.4) is 0 Å². The van der Waals surface area contributed by atoms with Crippen LogP contribution < -0.4 is 14.8 Å². The summed E-state index contributed by atoms with van der Waals surface area (Å²) >= 11 is 0. The Hall–Kier alpha value is -2.97. The van der Waals surface area contributed by atoms with Crippen LogP contribution in [-0.4, -0.2) is 49.8 Å². The molecule has 0 aliphatic rings. The highest BCUT2D eigenvalue weighted by atomic mass is 19.4. The van der Waals surface area contributed by atoms with E-state index in [0.717, 1.165) is 16.9 Å². The van der Waals surface area contributed by atoms with E-state index in [1.54, 1.807) is 20.2 Å². The topological polar surface area (TPSA) is 59.0 Å². The summed E-state index contributed by atoms with van der Waals surface area (Å²) < 4.78 is 46.2. The summed E-state index contributed by atoms with van der Waals surface area (Å²) in [6.07, 6.45) is -2.92. The summed E-state index contributed by atoms with van der Waals surface area (Å²) in [6.45, 7) is -0.293. The number of nitrogens with zero attached hydrogens (tertiary/aromatic N) is 3. The van der Waals surface area contributed by atoms with Crippen LogP contribution in [0.1, 0.15) is 11.1 Å². The Morgan fingerprint density at radius 1 is 1.14 bits per heavy atom. The van der Waals surface area contributed by atoms with Gasteiger partial charge >= 0.3 is 6.18 Å². The summed E-state index contributed by atoms with van der Waals surface area (Å²) in [7, 11) is 5.21. The Morgan fingerprint density at radius 3 is 2.36 bits per heavy atom. The first-order valence-electron chi connectivity index (χ1n) is 8.50. The van der Waals surface area contributed by atoms with Gasteiger partial charge in [-0.2, -0.15) is 13.2 Å². The normalized spacial score (nSPS) is 11.9. The van der Waals surface area contributed by atoms with Crippen LogP contribution in [0, 0.1) is 0 Å². The minimum absolute atomic E-state index is 0.0675. The first kappa shape index (κ1) is 21.3. The van der Waals surface area contributed by atoms with Gasteiger partial charge in [-0.1, -0.05) is 18.2 Å². The number of pyridine rings is 1. The molecule has 1 heterocycles. The quantitative estimate of drug-likeness (QED) is 0.575. The maximum Gasteiger partial charge on any atom is 0.422 e. The zero-order valence-electron chi connectivity index (χ0n) is 16.0. The monoisotopic (exact) mass is 396 g/mol. The number of benzene rings is 1. The van der Waals surface area contributed by atoms with E-state index in [2.05, 4.69) is 20.0 Å². The molecular weight excluding hydrogens is 373 g/mol. The van der Waals surface area contributed by atoms with Crippen molar-refractivity contribution in [3.05, 3.63) is 53.7 Å². The Bertz CT molecular complexity index is 762. The van der Waals surface area contributed by atoms with E-state index in [4.69, 9.17) is 4.74 Å². The van der Waals surface area contributed by atoms with E-state index in [9.17, 15) is 13.2 Å². The van der Waals surface area contributed by atoms with E-state index in [-0.39, 0.29) is 5.88 Å². The highest BCUT2D eigenvalue weighted by molar-refractivity contribution is 5.79. The third-order valence-electron chi connectivity index (χ3n) is 3.78. The maximum absolute atomic E-state index is 12.2. The fraction of sp³-hybridized carbons (Fsp3) is 0.368. The van der Waals surface area contributed by atoms with Gasteiger partial charge in [-0.15, -0.1) is 0 Å². The summed E-state index contributed by atoms with van der Waals surface area (Å²) in [6, 6.07) is 10.8. The standard InChI is InChI=1S/C19H23F3N4O2/c1-23-18(26(2)12-14-4-7-16(27-3)8-5-14)25-11-15-6-9-17(24-10-15)28-13-19(20,21)22/h4-10H,11-13H2,1-3H3,(H,23,25). The molecule has 0 saturated carbocycles. The molecule has 2 rings (SSSR count). The van der Waals surface area contributed by atoms with Crippen LogP contribution in [0.25, 0.3) is 0 Å². The van der Waals surface area contributed by atoms with Crippen LogP contribution in [0.4, 0.5) is 13.2 Å². The number of aromatic nitrogens is 1. The van der Waals surface area contributed by atoms with Crippen LogP contribution in [0.15, 0.2) is 47.6 Å². The first-order chi connectivity index (χ1) is 13.3. The van der Waals surface area contributed by atoms with Crippen LogP contribution in [-0.2, 0) is 13.1 Å². The zero-order valence-corrected chi connectivity index (χ0v) is 16.0. The molecule has 1 aromatic heterocycles. The second kappa shape index (κ2) is 9.82. The van der Waals surface area contributed by atoms with Gasteiger partial charge in [-0.25, -0.2) is 4.98 Å². The number of hydrogen-bond donors (Lipinski definition) is 1. The Kier molecular flexibility index (Phi) is 7.48. The molecule has 0 unspecified atom stereocenters. The Labute approximate surface area is 162 Å². The Morgan fingerprint density at radius 2 is 1.82 bits per heavy atom. The highest BCUT2D eigenvalue weighted by Gasteiger charge is 2.28. The van der Waals surface area contributed by atoms with Crippen LogP contribution in [0.2, 0.25) is 0 Å². The van der Waals surface area contributed by atoms with Crippen molar-refractivity contribution in [2.24, 2.45) is 4.99 Å². The van der Waals surface area contributed by atoms with E-state index >= 15 is 0 Å². The number of halogens is 3. The van der Waals surface area contributed by atoms with Crippen molar-refractivity contribution in [1.82, 2.24) is 15.2 Å². The molecule has 0 aliphatic carbocycles. The van der Waals surface area contributed by atoms with Gasteiger partial charge in [-0.05, 0) is 23.3 Å². The summed E-state index contributed by atoms with van der Waals surface area (Å²) in [5.41, 5.74) is 1.89. The molecule has 0 saturated heterocycles. The van der Waals surface area contributed by atoms with Gasteiger partial charge in [0.05, 0.1) is 7.11 Å². The molecule has 0 amide bonds. The molecule has 1 aromatic carbocycles. The summed E-state index contributed by atoms with van der Waals surface area (Å²) in [4.78, 5) is 10.1. The maximum atomic E-state index is 12.2. The van der Waals surface area contributed by atoms with Crippen LogP contribution >= 0.6 is 0 Å².